The number of carbonyl (C=O) groups is 6. The topological polar surface area (TPSA) is 241 Å². The number of carboxylic acids is 6. The summed E-state index contributed by atoms with van der Waals surface area (Å²) in [7, 11) is 0. The number of carboxylic acid groups (broad SMARTS) is 6. The van der Waals surface area contributed by atoms with Gasteiger partial charge in [-0.2, -0.15) is 0 Å². The van der Waals surface area contributed by atoms with E-state index in [1.54, 1.807) is 0 Å². The molecule has 0 aromatic heterocycles. The Balaban J connectivity index is -0.000000480. The summed E-state index contributed by atoms with van der Waals surface area (Å²) in [6.45, 7) is 0. The van der Waals surface area contributed by atoms with Crippen molar-refractivity contribution in [1.29, 1.82) is 0 Å². The maximum absolute atomic E-state index is 10.3. The molecular formula is C24H12Mg3O12. The van der Waals surface area contributed by atoms with Gasteiger partial charge in [0, 0.05) is 33.4 Å². The second-order valence-corrected chi connectivity index (χ2v) is 6.36. The molecule has 0 aliphatic rings. The van der Waals surface area contributed by atoms with Crippen LogP contribution in [-0.4, -0.2) is 105 Å². The Morgan fingerprint density at radius 1 is 0.308 bits per heavy atom. The number of hydrogen-bond donors (Lipinski definition) is 0. The van der Waals surface area contributed by atoms with Crippen molar-refractivity contribution in [1.82, 2.24) is 0 Å². The largest absolute Gasteiger partial charge is 2.00 e. The van der Waals surface area contributed by atoms with Gasteiger partial charge in [0.15, 0.2) is 0 Å². The maximum atomic E-state index is 10.3. The first kappa shape index (κ1) is 40.3. The van der Waals surface area contributed by atoms with Gasteiger partial charge in [0.05, 0.1) is 35.8 Å². The van der Waals surface area contributed by atoms with E-state index in [2.05, 4.69) is 0 Å². The second kappa shape index (κ2) is 19.8. The molecule has 0 fully saturated rings. The van der Waals surface area contributed by atoms with Gasteiger partial charge in [-0.25, -0.2) is 0 Å². The molecule has 0 aliphatic heterocycles. The van der Waals surface area contributed by atoms with Crippen LogP contribution >= 0.6 is 0 Å². The molecule has 0 spiro atoms. The average Bonchev–Trinajstić information content (AvgIpc) is 2.84. The molecule has 3 aromatic carbocycles. The zero-order valence-corrected chi connectivity index (χ0v) is 24.2. The molecule has 15 heteroatoms. The van der Waals surface area contributed by atoms with Gasteiger partial charge in [-0.1, -0.05) is 72.8 Å². The molecule has 0 aliphatic carbocycles. The van der Waals surface area contributed by atoms with E-state index in [9.17, 15) is 59.4 Å². The summed E-state index contributed by atoms with van der Waals surface area (Å²) >= 11 is 0. The van der Waals surface area contributed by atoms with Gasteiger partial charge in [0.2, 0.25) is 0 Å². The number of carbonyl (C=O) groups excluding carboxylic acids is 6. The van der Waals surface area contributed by atoms with Gasteiger partial charge in [-0.05, 0) is 0 Å². The Kier molecular flexibility index (Phi) is 20.4. The standard InChI is InChI=1S/3C8H6O4.3Mg/c3*9-7(10)5-3-1-2-4-6(5)8(11)12;;;/h3*1-4H,(H,9,10)(H,11,12);;;/q;;;3*+2/p-6. The third-order valence-corrected chi connectivity index (χ3v) is 4.10. The SMILES string of the molecule is O=C([O-])c1ccccc1C(=O)[O-].O=C([O-])c1ccccc1C(=O)[O-].O=C([O-])c1ccccc1C(=O)[O-].[Mg+2].[Mg+2].[Mg+2]. The van der Waals surface area contributed by atoms with Crippen LogP contribution in [0.4, 0.5) is 0 Å². The van der Waals surface area contributed by atoms with Crippen molar-refractivity contribution in [3.63, 3.8) is 0 Å². The minimum absolute atomic E-state index is 0. The summed E-state index contributed by atoms with van der Waals surface area (Å²) in [5.41, 5.74) is -2.18. The molecule has 186 valence electrons. The minimum atomic E-state index is -1.52. The van der Waals surface area contributed by atoms with Crippen molar-refractivity contribution >= 4 is 105 Å². The van der Waals surface area contributed by atoms with Crippen molar-refractivity contribution in [2.45, 2.75) is 0 Å². The minimum Gasteiger partial charge on any atom is -0.545 e. The predicted molar refractivity (Wildman–Crippen MR) is 123 cm³/mol. The molecule has 0 N–H and O–H groups in total. The summed E-state index contributed by atoms with van der Waals surface area (Å²) < 4.78 is 0. The molecule has 0 radical (unpaired) electrons. The molecule has 0 bridgehead atoms. The Bertz CT molecular complexity index is 1070. The first-order chi connectivity index (χ1) is 16.9. The van der Waals surface area contributed by atoms with Crippen molar-refractivity contribution in [3.8, 4) is 0 Å². The number of benzene rings is 3. The number of hydrogen-bond acceptors (Lipinski definition) is 12. The first-order valence-corrected chi connectivity index (χ1v) is 9.43. The normalized spacial score (nSPS) is 8.62. The van der Waals surface area contributed by atoms with Gasteiger partial charge >= 0.3 is 69.2 Å². The van der Waals surface area contributed by atoms with Gasteiger partial charge in [0.1, 0.15) is 0 Å². The van der Waals surface area contributed by atoms with Gasteiger partial charge in [-0.3, -0.25) is 0 Å². The average molecular weight is 565 g/mol. The molecular weight excluding hydrogens is 553 g/mol. The van der Waals surface area contributed by atoms with E-state index in [4.69, 9.17) is 0 Å². The Morgan fingerprint density at radius 2 is 0.410 bits per heavy atom. The quantitative estimate of drug-likeness (QED) is 0.254. The van der Waals surface area contributed by atoms with E-state index >= 15 is 0 Å². The van der Waals surface area contributed by atoms with E-state index in [1.165, 1.54) is 36.4 Å². The van der Waals surface area contributed by atoms with Gasteiger partial charge in [-0.15, -0.1) is 0 Å². The summed E-state index contributed by atoms with van der Waals surface area (Å²) in [5.74, 6) is -9.11. The van der Waals surface area contributed by atoms with E-state index < -0.39 is 35.8 Å². The van der Waals surface area contributed by atoms with Crippen molar-refractivity contribution in [3.05, 3.63) is 106 Å². The smallest absolute Gasteiger partial charge is 0.545 e. The predicted octanol–water partition coefficient (Wildman–Crippen LogP) is -5.90. The van der Waals surface area contributed by atoms with Gasteiger partial charge in [0.25, 0.3) is 0 Å². The van der Waals surface area contributed by atoms with E-state index in [0.717, 1.165) is 36.4 Å². The fourth-order valence-corrected chi connectivity index (χ4v) is 2.52. The van der Waals surface area contributed by atoms with Crippen LogP contribution in [-0.2, 0) is 0 Å². The van der Waals surface area contributed by atoms with Crippen LogP contribution in [0.1, 0.15) is 62.1 Å². The summed E-state index contributed by atoms with van der Waals surface area (Å²) in [5, 5.41) is 61.9. The van der Waals surface area contributed by atoms with E-state index in [1.807, 2.05) is 0 Å². The molecule has 0 atom stereocenters. The van der Waals surface area contributed by atoms with E-state index in [0.29, 0.717) is 0 Å². The summed E-state index contributed by atoms with van der Waals surface area (Å²) in [6, 6.07) is 15.4. The summed E-state index contributed by atoms with van der Waals surface area (Å²) in [4.78, 5) is 61.9. The molecule has 3 rings (SSSR count). The van der Waals surface area contributed by atoms with Crippen molar-refractivity contribution in [2.75, 3.05) is 0 Å². The molecule has 0 saturated carbocycles. The van der Waals surface area contributed by atoms with Gasteiger partial charge < -0.3 is 59.4 Å². The second-order valence-electron chi connectivity index (χ2n) is 6.36. The monoisotopic (exact) mass is 564 g/mol. The first-order valence-electron chi connectivity index (χ1n) is 9.43. The Labute approximate surface area is 268 Å². The Hall–Kier alpha value is -3.22. The van der Waals surface area contributed by atoms with Crippen LogP contribution in [0.3, 0.4) is 0 Å². The maximum Gasteiger partial charge on any atom is 2.00 e. The number of aromatic carboxylic acids is 6. The zero-order chi connectivity index (χ0) is 27.4. The van der Waals surface area contributed by atoms with Crippen molar-refractivity contribution < 1.29 is 59.4 Å². The fraction of sp³-hybridized carbons (Fsp3) is 0. The van der Waals surface area contributed by atoms with E-state index in [-0.39, 0.29) is 103 Å². The third-order valence-electron chi connectivity index (χ3n) is 4.10. The molecule has 0 unspecified atom stereocenters. The van der Waals surface area contributed by atoms with Crippen LogP contribution in [0.15, 0.2) is 72.8 Å². The van der Waals surface area contributed by atoms with Crippen molar-refractivity contribution in [2.24, 2.45) is 0 Å². The molecule has 0 heterocycles. The summed E-state index contributed by atoms with van der Waals surface area (Å²) in [6.07, 6.45) is 0. The molecule has 0 amide bonds. The molecule has 12 nitrogen and oxygen atoms in total. The molecule has 0 saturated heterocycles. The van der Waals surface area contributed by atoms with Crippen LogP contribution < -0.4 is 30.6 Å². The number of rotatable bonds is 6. The molecule has 3 aromatic rings. The Morgan fingerprint density at radius 3 is 0.487 bits per heavy atom. The zero-order valence-electron chi connectivity index (χ0n) is 19.9. The third kappa shape index (κ3) is 12.9. The van der Waals surface area contributed by atoms with Crippen LogP contribution in [0.25, 0.3) is 0 Å². The van der Waals surface area contributed by atoms with Crippen LogP contribution in [0.2, 0.25) is 0 Å². The van der Waals surface area contributed by atoms with Crippen LogP contribution in [0.5, 0.6) is 0 Å². The fourth-order valence-electron chi connectivity index (χ4n) is 2.52. The molecule has 39 heavy (non-hydrogen) atoms. The van der Waals surface area contributed by atoms with Crippen LogP contribution in [0, 0.1) is 0 Å².